The summed E-state index contributed by atoms with van der Waals surface area (Å²) in [6.45, 7) is 0. The van der Waals surface area contributed by atoms with E-state index in [1.807, 2.05) is 0 Å². The molecule has 0 amide bonds. The van der Waals surface area contributed by atoms with Gasteiger partial charge in [0.05, 0.1) is 6.42 Å². The Morgan fingerprint density at radius 2 is 1.80 bits per heavy atom. The van der Waals surface area contributed by atoms with Crippen LogP contribution in [0.5, 0.6) is 0 Å². The van der Waals surface area contributed by atoms with Gasteiger partial charge in [-0.25, -0.2) is 0 Å². The van der Waals surface area contributed by atoms with Crippen LogP contribution in [0.3, 0.4) is 0 Å². The van der Waals surface area contributed by atoms with E-state index >= 15 is 0 Å². The molecule has 0 fully saturated rings. The summed E-state index contributed by atoms with van der Waals surface area (Å²) in [5.74, 6) is -0.267. The SMILES string of the molecule is O=C(CC[CH]C(F)(F)F)c1ccccc1. The van der Waals surface area contributed by atoms with E-state index < -0.39 is 6.18 Å². The lowest BCUT2D eigenvalue weighted by Gasteiger charge is -2.04. The number of rotatable bonds is 4. The fraction of sp³-hybridized carbons (Fsp3) is 0.273. The predicted octanol–water partition coefficient (Wildman–Crippen LogP) is 3.42. The summed E-state index contributed by atoms with van der Waals surface area (Å²) in [6.07, 6.45) is -4.47. The van der Waals surface area contributed by atoms with Crippen LogP contribution in [-0.4, -0.2) is 12.0 Å². The molecule has 1 rings (SSSR count). The zero-order chi connectivity index (χ0) is 11.3. The van der Waals surface area contributed by atoms with E-state index in [2.05, 4.69) is 0 Å². The second-order valence-corrected chi connectivity index (χ2v) is 3.07. The van der Waals surface area contributed by atoms with Gasteiger partial charge in [-0.3, -0.25) is 4.79 Å². The van der Waals surface area contributed by atoms with Crippen LogP contribution in [0.1, 0.15) is 23.2 Å². The van der Waals surface area contributed by atoms with Crippen molar-refractivity contribution in [2.75, 3.05) is 0 Å². The molecular weight excluding hydrogens is 205 g/mol. The molecule has 0 heterocycles. The maximum Gasteiger partial charge on any atom is 0.392 e. The number of halogens is 3. The highest BCUT2D eigenvalue weighted by Crippen LogP contribution is 2.21. The van der Waals surface area contributed by atoms with Gasteiger partial charge in [-0.1, -0.05) is 30.3 Å². The molecule has 15 heavy (non-hydrogen) atoms. The Hall–Kier alpha value is -1.32. The summed E-state index contributed by atoms with van der Waals surface area (Å²) < 4.78 is 35.2. The minimum atomic E-state index is -4.29. The molecule has 1 aromatic carbocycles. The van der Waals surface area contributed by atoms with Crippen molar-refractivity contribution in [2.45, 2.75) is 19.0 Å². The summed E-state index contributed by atoms with van der Waals surface area (Å²) in [7, 11) is 0. The molecule has 0 saturated heterocycles. The number of ketones is 1. The van der Waals surface area contributed by atoms with Gasteiger partial charge in [0.1, 0.15) is 0 Å². The monoisotopic (exact) mass is 215 g/mol. The summed E-state index contributed by atoms with van der Waals surface area (Å²) in [5, 5.41) is 0. The standard InChI is InChI=1S/C11H10F3O/c12-11(13,14)8-4-7-10(15)9-5-2-1-3-6-9/h1-3,5-6,8H,4,7H2. The van der Waals surface area contributed by atoms with Crippen molar-refractivity contribution in [2.24, 2.45) is 0 Å². The van der Waals surface area contributed by atoms with Gasteiger partial charge in [-0.05, 0) is 6.42 Å². The summed E-state index contributed by atoms with van der Waals surface area (Å²) in [6, 6.07) is 8.30. The van der Waals surface area contributed by atoms with E-state index in [0.717, 1.165) is 0 Å². The van der Waals surface area contributed by atoms with Crippen molar-refractivity contribution in [3.05, 3.63) is 42.3 Å². The molecule has 1 nitrogen and oxygen atoms in total. The van der Waals surface area contributed by atoms with Crippen molar-refractivity contribution in [1.82, 2.24) is 0 Å². The Bertz CT molecular complexity index is 316. The number of Topliss-reactive ketones (excluding diaryl/α,β-unsaturated/α-hetero) is 1. The molecule has 0 N–H and O–H groups in total. The Morgan fingerprint density at radius 3 is 2.33 bits per heavy atom. The van der Waals surface area contributed by atoms with Gasteiger partial charge in [0.2, 0.25) is 0 Å². The minimum Gasteiger partial charge on any atom is -0.294 e. The van der Waals surface area contributed by atoms with Crippen molar-refractivity contribution < 1.29 is 18.0 Å². The highest BCUT2D eigenvalue weighted by molar-refractivity contribution is 5.95. The first-order valence-corrected chi connectivity index (χ1v) is 4.48. The molecule has 1 radical (unpaired) electrons. The maximum absolute atomic E-state index is 11.7. The Morgan fingerprint density at radius 1 is 1.20 bits per heavy atom. The zero-order valence-corrected chi connectivity index (χ0v) is 7.92. The minimum absolute atomic E-state index is 0.108. The number of hydrogen-bond acceptors (Lipinski definition) is 1. The molecule has 0 saturated carbocycles. The van der Waals surface area contributed by atoms with E-state index in [9.17, 15) is 18.0 Å². The molecule has 0 aliphatic rings. The van der Waals surface area contributed by atoms with Gasteiger partial charge in [0.25, 0.3) is 0 Å². The molecular formula is C11H10F3O. The first kappa shape index (κ1) is 11.8. The van der Waals surface area contributed by atoms with E-state index in [0.29, 0.717) is 5.56 Å². The molecule has 0 aromatic heterocycles. The lowest BCUT2D eigenvalue weighted by molar-refractivity contribution is -0.0981. The quantitative estimate of drug-likeness (QED) is 0.703. The first-order valence-electron chi connectivity index (χ1n) is 4.48. The lowest BCUT2D eigenvalue weighted by Crippen LogP contribution is -2.09. The highest BCUT2D eigenvalue weighted by Gasteiger charge is 2.27. The van der Waals surface area contributed by atoms with Crippen LogP contribution >= 0.6 is 0 Å². The molecule has 0 unspecified atom stereocenters. The van der Waals surface area contributed by atoms with E-state index in [4.69, 9.17) is 0 Å². The van der Waals surface area contributed by atoms with E-state index in [1.165, 1.54) is 0 Å². The third-order valence-corrected chi connectivity index (χ3v) is 1.84. The summed E-state index contributed by atoms with van der Waals surface area (Å²) in [5.41, 5.74) is 0.452. The first-order chi connectivity index (χ1) is 6.99. The van der Waals surface area contributed by atoms with E-state index in [-0.39, 0.29) is 25.0 Å². The molecule has 0 spiro atoms. The molecule has 0 aliphatic carbocycles. The van der Waals surface area contributed by atoms with Crippen LogP contribution in [0, 0.1) is 6.42 Å². The molecule has 1 aromatic rings. The molecule has 0 bridgehead atoms. The van der Waals surface area contributed by atoms with Crippen LogP contribution in [0.2, 0.25) is 0 Å². The van der Waals surface area contributed by atoms with Crippen LogP contribution in [0.4, 0.5) is 13.2 Å². The van der Waals surface area contributed by atoms with Crippen LogP contribution < -0.4 is 0 Å². The second kappa shape index (κ2) is 4.96. The van der Waals surface area contributed by atoms with Crippen LogP contribution in [0.15, 0.2) is 30.3 Å². The van der Waals surface area contributed by atoms with Gasteiger partial charge in [-0.2, -0.15) is 13.2 Å². The highest BCUT2D eigenvalue weighted by atomic mass is 19.4. The largest absolute Gasteiger partial charge is 0.392 e. The smallest absolute Gasteiger partial charge is 0.294 e. The Balaban J connectivity index is 2.38. The maximum atomic E-state index is 11.7. The van der Waals surface area contributed by atoms with Crippen LogP contribution in [-0.2, 0) is 0 Å². The zero-order valence-electron chi connectivity index (χ0n) is 7.92. The van der Waals surface area contributed by atoms with Crippen molar-refractivity contribution in [3.63, 3.8) is 0 Å². The topological polar surface area (TPSA) is 17.1 Å². The van der Waals surface area contributed by atoms with Crippen LogP contribution in [0.25, 0.3) is 0 Å². The third kappa shape index (κ3) is 4.63. The number of hydrogen-bond donors (Lipinski definition) is 0. The van der Waals surface area contributed by atoms with Crippen molar-refractivity contribution in [1.29, 1.82) is 0 Å². The number of benzene rings is 1. The number of alkyl halides is 3. The Kier molecular flexibility index (Phi) is 3.88. The fourth-order valence-electron chi connectivity index (χ4n) is 1.14. The molecule has 81 valence electrons. The normalized spacial score (nSPS) is 11.4. The summed E-state index contributed by atoms with van der Waals surface area (Å²) in [4.78, 5) is 11.3. The van der Waals surface area contributed by atoms with Gasteiger partial charge >= 0.3 is 6.18 Å². The van der Waals surface area contributed by atoms with Gasteiger partial charge < -0.3 is 0 Å². The molecule has 0 aliphatic heterocycles. The molecule has 0 atom stereocenters. The van der Waals surface area contributed by atoms with Gasteiger partial charge in [-0.15, -0.1) is 0 Å². The van der Waals surface area contributed by atoms with Crippen molar-refractivity contribution in [3.8, 4) is 0 Å². The fourth-order valence-corrected chi connectivity index (χ4v) is 1.14. The predicted molar refractivity (Wildman–Crippen MR) is 50.4 cm³/mol. The third-order valence-electron chi connectivity index (χ3n) is 1.84. The molecule has 4 heteroatoms. The average molecular weight is 215 g/mol. The van der Waals surface area contributed by atoms with Crippen molar-refractivity contribution >= 4 is 5.78 Å². The van der Waals surface area contributed by atoms with Gasteiger partial charge in [0, 0.05) is 12.0 Å². The lowest BCUT2D eigenvalue weighted by atomic mass is 10.1. The summed E-state index contributed by atoms with van der Waals surface area (Å²) >= 11 is 0. The number of carbonyl (C=O) groups is 1. The average Bonchev–Trinajstić information content (AvgIpc) is 2.17. The second-order valence-electron chi connectivity index (χ2n) is 3.07. The number of carbonyl (C=O) groups excluding carboxylic acids is 1. The Labute approximate surface area is 85.9 Å². The van der Waals surface area contributed by atoms with E-state index in [1.54, 1.807) is 30.3 Å². The van der Waals surface area contributed by atoms with Gasteiger partial charge in [0.15, 0.2) is 5.78 Å².